The molecule has 0 saturated carbocycles. The Hall–Kier alpha value is -4.67. The Morgan fingerprint density at radius 2 is 1.75 bits per heavy atom. The summed E-state index contributed by atoms with van der Waals surface area (Å²) in [5.74, 6) is 0.433. The molecule has 3 heterocycles. The summed E-state index contributed by atoms with van der Waals surface area (Å²) < 4.78 is 48.5. The molecule has 3 aromatic carbocycles. The van der Waals surface area contributed by atoms with Crippen LogP contribution in [0.2, 0.25) is 0 Å². The molecule has 6 rings (SSSR count). The zero-order chi connectivity index (χ0) is 30.8. The van der Waals surface area contributed by atoms with E-state index < -0.39 is 17.6 Å². The third-order valence-corrected chi connectivity index (χ3v) is 7.90. The van der Waals surface area contributed by atoms with E-state index in [-0.39, 0.29) is 17.8 Å². The molecule has 0 unspecified atom stereocenters. The number of amides is 1. The SMILES string of the molecule is Cc1ccc(Oc2cc(-c3ccccc3)nc3[nH]ccc23)cc1C(=O)Nc1ccc(CN2CCN(C)CC2)c(C(F)(F)F)c1. The van der Waals surface area contributed by atoms with Crippen molar-refractivity contribution in [2.24, 2.45) is 0 Å². The molecule has 2 N–H and O–H groups in total. The molecule has 1 saturated heterocycles. The Morgan fingerprint density at radius 3 is 2.50 bits per heavy atom. The van der Waals surface area contributed by atoms with Gasteiger partial charge in [-0.05, 0) is 55.4 Å². The van der Waals surface area contributed by atoms with Crippen molar-refractivity contribution < 1.29 is 22.7 Å². The van der Waals surface area contributed by atoms with Gasteiger partial charge in [-0.2, -0.15) is 13.2 Å². The number of nitrogens with one attached hydrogen (secondary N) is 2. The number of aromatic amines is 1. The number of benzene rings is 3. The summed E-state index contributed by atoms with van der Waals surface area (Å²) in [7, 11) is 2.00. The fraction of sp³-hybridized carbons (Fsp3) is 0.235. The number of nitrogens with zero attached hydrogens (tertiary/aromatic N) is 3. The summed E-state index contributed by atoms with van der Waals surface area (Å²) >= 11 is 0. The second-order valence-electron chi connectivity index (χ2n) is 11.1. The molecule has 1 amide bonds. The number of rotatable bonds is 7. The molecule has 0 spiro atoms. The first-order valence-electron chi connectivity index (χ1n) is 14.4. The van der Waals surface area contributed by atoms with Gasteiger partial charge in [-0.1, -0.05) is 42.5 Å². The molecular formula is C34H32F3N5O2. The number of carbonyl (C=O) groups excluding carboxylic acids is 1. The minimum absolute atomic E-state index is 0.0749. The van der Waals surface area contributed by atoms with Gasteiger partial charge in [-0.3, -0.25) is 9.69 Å². The van der Waals surface area contributed by atoms with Gasteiger partial charge >= 0.3 is 6.18 Å². The largest absolute Gasteiger partial charge is 0.456 e. The van der Waals surface area contributed by atoms with Crippen LogP contribution in [0, 0.1) is 6.92 Å². The Labute approximate surface area is 253 Å². The number of hydrogen-bond donors (Lipinski definition) is 2. The molecule has 226 valence electrons. The molecule has 0 atom stereocenters. The van der Waals surface area contributed by atoms with Crippen LogP contribution in [0.15, 0.2) is 85.1 Å². The summed E-state index contributed by atoms with van der Waals surface area (Å²) in [6, 6.07) is 22.5. The summed E-state index contributed by atoms with van der Waals surface area (Å²) in [5, 5.41) is 3.44. The minimum atomic E-state index is -4.56. The number of hydrogen-bond acceptors (Lipinski definition) is 5. The first kappa shape index (κ1) is 29.4. The normalized spacial score (nSPS) is 14.6. The predicted molar refractivity (Wildman–Crippen MR) is 165 cm³/mol. The number of piperazine rings is 1. The summed E-state index contributed by atoms with van der Waals surface area (Å²) in [6.07, 6.45) is -2.78. The molecule has 0 radical (unpaired) electrons. The number of ether oxygens (including phenoxy) is 1. The zero-order valence-electron chi connectivity index (χ0n) is 24.4. The van der Waals surface area contributed by atoms with E-state index in [1.807, 2.05) is 54.4 Å². The Bertz CT molecular complexity index is 1790. The third-order valence-electron chi connectivity index (χ3n) is 7.90. The molecule has 10 heteroatoms. The van der Waals surface area contributed by atoms with Crippen molar-refractivity contribution in [2.75, 3.05) is 38.5 Å². The molecule has 44 heavy (non-hydrogen) atoms. The second kappa shape index (κ2) is 12.1. The molecule has 7 nitrogen and oxygen atoms in total. The van der Waals surface area contributed by atoms with Crippen LogP contribution in [0.1, 0.15) is 27.0 Å². The molecular weight excluding hydrogens is 567 g/mol. The van der Waals surface area contributed by atoms with Crippen molar-refractivity contribution in [1.29, 1.82) is 0 Å². The van der Waals surface area contributed by atoms with Gasteiger partial charge in [-0.25, -0.2) is 4.98 Å². The Morgan fingerprint density at radius 1 is 0.977 bits per heavy atom. The molecule has 1 aliphatic rings. The van der Waals surface area contributed by atoms with Crippen LogP contribution >= 0.6 is 0 Å². The highest BCUT2D eigenvalue weighted by Gasteiger charge is 2.34. The molecule has 1 fully saturated rings. The van der Waals surface area contributed by atoms with E-state index in [9.17, 15) is 18.0 Å². The Balaban J connectivity index is 1.24. The Kier molecular flexibility index (Phi) is 8.11. The lowest BCUT2D eigenvalue weighted by molar-refractivity contribution is -0.138. The fourth-order valence-corrected chi connectivity index (χ4v) is 5.39. The number of halogens is 3. The lowest BCUT2D eigenvalue weighted by Gasteiger charge is -2.33. The maximum atomic E-state index is 14.1. The van der Waals surface area contributed by atoms with Crippen LogP contribution in [-0.4, -0.2) is 58.9 Å². The van der Waals surface area contributed by atoms with E-state index in [4.69, 9.17) is 9.72 Å². The summed E-state index contributed by atoms with van der Waals surface area (Å²) in [4.78, 5) is 25.4. The van der Waals surface area contributed by atoms with E-state index in [0.717, 1.165) is 35.8 Å². The van der Waals surface area contributed by atoms with Crippen LogP contribution in [-0.2, 0) is 12.7 Å². The van der Waals surface area contributed by atoms with E-state index in [2.05, 4.69) is 15.2 Å². The van der Waals surface area contributed by atoms with E-state index in [1.54, 1.807) is 31.3 Å². The van der Waals surface area contributed by atoms with Crippen LogP contribution in [0.25, 0.3) is 22.3 Å². The number of fused-ring (bicyclic) bond motifs is 1. The molecule has 2 aromatic heterocycles. The highest BCUT2D eigenvalue weighted by Crippen LogP contribution is 2.36. The van der Waals surface area contributed by atoms with Crippen molar-refractivity contribution in [1.82, 2.24) is 19.8 Å². The minimum Gasteiger partial charge on any atom is -0.456 e. The van der Waals surface area contributed by atoms with Gasteiger partial charge < -0.3 is 19.9 Å². The van der Waals surface area contributed by atoms with Crippen LogP contribution in [0.5, 0.6) is 11.5 Å². The van der Waals surface area contributed by atoms with Crippen molar-refractivity contribution in [3.05, 3.63) is 107 Å². The average molecular weight is 600 g/mol. The van der Waals surface area contributed by atoms with E-state index in [1.165, 1.54) is 12.1 Å². The fourth-order valence-electron chi connectivity index (χ4n) is 5.39. The zero-order valence-corrected chi connectivity index (χ0v) is 24.4. The number of carbonyl (C=O) groups is 1. The van der Waals surface area contributed by atoms with Crippen molar-refractivity contribution in [3.63, 3.8) is 0 Å². The number of alkyl halides is 3. The van der Waals surface area contributed by atoms with E-state index >= 15 is 0 Å². The van der Waals surface area contributed by atoms with Gasteiger partial charge in [-0.15, -0.1) is 0 Å². The number of aromatic nitrogens is 2. The molecule has 0 bridgehead atoms. The third kappa shape index (κ3) is 6.46. The predicted octanol–water partition coefficient (Wildman–Crippen LogP) is 7.35. The number of likely N-dealkylation sites (N-methyl/N-ethyl adjacent to an activating group) is 1. The summed E-state index contributed by atoms with van der Waals surface area (Å²) in [6.45, 7) is 4.99. The number of anilines is 1. The van der Waals surface area contributed by atoms with Gasteiger partial charge in [0.1, 0.15) is 17.1 Å². The van der Waals surface area contributed by atoms with Gasteiger partial charge in [0.2, 0.25) is 0 Å². The van der Waals surface area contributed by atoms with Crippen LogP contribution < -0.4 is 10.1 Å². The lowest BCUT2D eigenvalue weighted by atomic mass is 10.0. The maximum absolute atomic E-state index is 14.1. The van der Waals surface area contributed by atoms with Gasteiger partial charge in [0, 0.05) is 61.8 Å². The first-order valence-corrected chi connectivity index (χ1v) is 14.4. The average Bonchev–Trinajstić information content (AvgIpc) is 3.49. The smallest absolute Gasteiger partial charge is 0.416 e. The standard InChI is InChI=1S/C34H32F3N5O2/c1-22-8-11-26(44-31-20-30(23-6-4-3-5-7-23)40-32-27(31)12-13-38-32)19-28(22)33(43)39-25-10-9-24(29(18-25)34(35,36)37)21-42-16-14-41(2)15-17-42/h3-13,18-20H,14-17,21H2,1-2H3,(H,38,40)(H,39,43). The summed E-state index contributed by atoms with van der Waals surface area (Å²) in [5.41, 5.74) is 2.77. The van der Waals surface area contributed by atoms with Gasteiger partial charge in [0.05, 0.1) is 16.6 Å². The monoisotopic (exact) mass is 599 g/mol. The van der Waals surface area contributed by atoms with Crippen molar-refractivity contribution in [3.8, 4) is 22.8 Å². The van der Waals surface area contributed by atoms with Crippen molar-refractivity contribution >= 4 is 22.6 Å². The number of aryl methyl sites for hydroxylation is 1. The maximum Gasteiger partial charge on any atom is 0.416 e. The second-order valence-corrected chi connectivity index (χ2v) is 11.1. The topological polar surface area (TPSA) is 73.5 Å². The van der Waals surface area contributed by atoms with Gasteiger partial charge in [0.25, 0.3) is 5.91 Å². The number of H-pyrrole nitrogens is 1. The molecule has 0 aliphatic carbocycles. The first-order chi connectivity index (χ1) is 21.1. The van der Waals surface area contributed by atoms with Crippen molar-refractivity contribution in [2.45, 2.75) is 19.6 Å². The highest BCUT2D eigenvalue weighted by molar-refractivity contribution is 6.05. The quantitative estimate of drug-likeness (QED) is 0.205. The highest BCUT2D eigenvalue weighted by atomic mass is 19.4. The van der Waals surface area contributed by atoms with Crippen LogP contribution in [0.3, 0.4) is 0 Å². The number of pyridine rings is 1. The molecule has 5 aromatic rings. The van der Waals surface area contributed by atoms with Crippen LogP contribution in [0.4, 0.5) is 18.9 Å². The molecule has 1 aliphatic heterocycles. The lowest BCUT2D eigenvalue weighted by Crippen LogP contribution is -2.44. The van der Waals surface area contributed by atoms with E-state index in [0.29, 0.717) is 41.4 Å². The van der Waals surface area contributed by atoms with Gasteiger partial charge in [0.15, 0.2) is 0 Å².